The zero-order valence-corrected chi connectivity index (χ0v) is 25.0. The first kappa shape index (κ1) is 28.9. The van der Waals surface area contributed by atoms with Crippen LogP contribution in [-0.2, 0) is 14.4 Å². The summed E-state index contributed by atoms with van der Waals surface area (Å²) in [5, 5.41) is 3.16. The molecule has 5 rings (SSSR count). The monoisotopic (exact) mass is 576 g/mol. The molecule has 3 aliphatic rings. The van der Waals surface area contributed by atoms with E-state index >= 15 is 0 Å². The van der Waals surface area contributed by atoms with Gasteiger partial charge in [-0.25, -0.2) is 0 Å². The van der Waals surface area contributed by atoms with E-state index in [2.05, 4.69) is 17.1 Å². The number of carbonyl (C=O) groups is 3. The second kappa shape index (κ2) is 12.1. The van der Waals surface area contributed by atoms with Crippen molar-refractivity contribution in [2.24, 2.45) is 0 Å². The van der Waals surface area contributed by atoms with Gasteiger partial charge in [-0.2, -0.15) is 0 Å². The van der Waals surface area contributed by atoms with Crippen molar-refractivity contribution in [2.75, 3.05) is 25.1 Å². The quantitative estimate of drug-likeness (QED) is 0.372. The van der Waals surface area contributed by atoms with E-state index in [1.54, 1.807) is 6.07 Å². The molecule has 1 amide bonds. The Morgan fingerprint density at radius 3 is 2.24 bits per heavy atom. The number of halogens is 1. The average Bonchev–Trinajstić information content (AvgIpc) is 2.94. The summed E-state index contributed by atoms with van der Waals surface area (Å²) in [6.45, 7) is 8.67. The molecule has 216 valence electrons. The first-order chi connectivity index (χ1) is 19.7. The third-order valence-corrected chi connectivity index (χ3v) is 8.57. The molecule has 0 bridgehead atoms. The highest BCUT2D eigenvalue weighted by Crippen LogP contribution is 2.51. The Bertz CT molecular complexity index is 1430. The van der Waals surface area contributed by atoms with Crippen molar-refractivity contribution in [3.8, 4) is 11.5 Å². The molecular weight excluding hydrogens is 540 g/mol. The van der Waals surface area contributed by atoms with Gasteiger partial charge in [0, 0.05) is 53.5 Å². The molecule has 0 fully saturated rings. The van der Waals surface area contributed by atoms with E-state index < -0.39 is 5.92 Å². The summed E-state index contributed by atoms with van der Waals surface area (Å²) < 4.78 is 11.9. The third kappa shape index (κ3) is 5.52. The van der Waals surface area contributed by atoms with Gasteiger partial charge in [-0.05, 0) is 88.3 Å². The minimum absolute atomic E-state index is 0.0807. The van der Waals surface area contributed by atoms with Gasteiger partial charge in [-0.3, -0.25) is 14.4 Å². The van der Waals surface area contributed by atoms with Gasteiger partial charge in [0.15, 0.2) is 29.7 Å². The molecule has 0 saturated carbocycles. The largest absolute Gasteiger partial charge is 0.490 e. The number of ether oxygens (including phenoxy) is 2. The predicted molar refractivity (Wildman–Crippen MR) is 160 cm³/mol. The number of allylic oxidation sites excluding steroid dienone is 4. The van der Waals surface area contributed by atoms with E-state index in [0.717, 1.165) is 59.5 Å². The van der Waals surface area contributed by atoms with E-state index in [-0.39, 0.29) is 34.9 Å². The molecule has 41 heavy (non-hydrogen) atoms. The van der Waals surface area contributed by atoms with Gasteiger partial charge in [-0.1, -0.05) is 23.7 Å². The van der Waals surface area contributed by atoms with Crippen molar-refractivity contribution in [2.45, 2.75) is 72.1 Å². The Hall–Kier alpha value is -3.58. The molecule has 2 aromatic rings. The Labute approximate surface area is 246 Å². The molecule has 8 heteroatoms. The minimum atomic E-state index is -0.498. The van der Waals surface area contributed by atoms with Crippen molar-refractivity contribution < 1.29 is 23.9 Å². The number of Topliss-reactive ketones (excluding diaryl/α,β-unsaturated/α-hetero) is 2. The van der Waals surface area contributed by atoms with Crippen LogP contribution in [0.1, 0.15) is 75.0 Å². The molecule has 0 radical (unpaired) electrons. The Morgan fingerprint density at radius 1 is 0.976 bits per heavy atom. The van der Waals surface area contributed by atoms with Crippen LogP contribution in [0.25, 0.3) is 0 Å². The molecule has 0 aromatic heterocycles. The lowest BCUT2D eigenvalue weighted by Crippen LogP contribution is -2.39. The summed E-state index contributed by atoms with van der Waals surface area (Å²) in [6.07, 6.45) is 4.15. The topological polar surface area (TPSA) is 84.9 Å². The second-order valence-electron chi connectivity index (χ2n) is 10.8. The molecule has 0 spiro atoms. The van der Waals surface area contributed by atoms with E-state index in [0.29, 0.717) is 42.9 Å². The van der Waals surface area contributed by atoms with Crippen LogP contribution >= 0.6 is 11.6 Å². The number of aryl methyl sites for hydroxylation is 1. The lowest BCUT2D eigenvalue weighted by atomic mass is 9.71. The highest BCUT2D eigenvalue weighted by Gasteiger charge is 2.43. The van der Waals surface area contributed by atoms with Crippen LogP contribution in [0.5, 0.6) is 11.5 Å². The summed E-state index contributed by atoms with van der Waals surface area (Å²) in [7, 11) is 0. The summed E-state index contributed by atoms with van der Waals surface area (Å²) >= 11 is 6.81. The zero-order chi connectivity index (χ0) is 29.3. The lowest BCUT2D eigenvalue weighted by Gasteiger charge is -2.43. The Kier molecular flexibility index (Phi) is 8.55. The van der Waals surface area contributed by atoms with Gasteiger partial charge in [-0.15, -0.1) is 0 Å². The lowest BCUT2D eigenvalue weighted by molar-refractivity contribution is -0.118. The van der Waals surface area contributed by atoms with Crippen LogP contribution in [-0.4, -0.2) is 42.1 Å². The van der Waals surface area contributed by atoms with Crippen LogP contribution in [0.2, 0.25) is 5.02 Å². The van der Waals surface area contributed by atoms with Crippen LogP contribution in [0.4, 0.5) is 5.69 Å². The smallest absolute Gasteiger partial charge is 0.262 e. The summed E-state index contributed by atoms with van der Waals surface area (Å²) in [6, 6.07) is 9.31. The molecule has 1 aliphatic heterocycles. The Morgan fingerprint density at radius 2 is 1.63 bits per heavy atom. The fourth-order valence-electron chi connectivity index (χ4n) is 6.30. The number of nitrogens with one attached hydrogen (secondary N) is 1. The molecule has 0 unspecified atom stereocenters. The average molecular weight is 577 g/mol. The van der Waals surface area contributed by atoms with Crippen molar-refractivity contribution in [3.05, 3.63) is 74.6 Å². The van der Waals surface area contributed by atoms with Crippen LogP contribution in [0, 0.1) is 13.8 Å². The number of hydrogen-bond donors (Lipinski definition) is 1. The molecule has 2 aliphatic carbocycles. The van der Waals surface area contributed by atoms with Gasteiger partial charge in [0.25, 0.3) is 5.91 Å². The number of anilines is 1. The van der Waals surface area contributed by atoms with E-state index in [9.17, 15) is 14.4 Å². The normalized spacial score (nSPS) is 17.4. The summed E-state index contributed by atoms with van der Waals surface area (Å²) in [5.41, 5.74) is 6.98. The van der Waals surface area contributed by atoms with Crippen molar-refractivity contribution >= 4 is 34.8 Å². The maximum Gasteiger partial charge on any atom is 0.262 e. The van der Waals surface area contributed by atoms with E-state index in [1.807, 2.05) is 45.0 Å². The Balaban J connectivity index is 1.51. The van der Waals surface area contributed by atoms with E-state index in [1.165, 1.54) is 0 Å². The number of amides is 1. The maximum atomic E-state index is 13.4. The number of rotatable bonds is 8. The molecule has 7 nitrogen and oxygen atoms in total. The van der Waals surface area contributed by atoms with Gasteiger partial charge < -0.3 is 19.7 Å². The molecule has 0 atom stereocenters. The molecule has 2 aromatic carbocycles. The number of benzene rings is 2. The summed E-state index contributed by atoms with van der Waals surface area (Å²) in [4.78, 5) is 41.9. The highest BCUT2D eigenvalue weighted by molar-refractivity contribution is 6.32. The van der Waals surface area contributed by atoms with Crippen LogP contribution in [0.15, 0.2) is 52.9 Å². The standard InChI is InChI=1S/C33H37ClN2O5/c1-5-36-24-12-8-14-26(37)31(24)30(32-25(36)13-9-15-27(32)38)21-16-22(34)33(28(17-21)40-6-2)41-18-29(39)35-23-11-7-10-19(3)20(23)4/h7,10-11,16-17,30H,5-6,8-9,12-15,18H2,1-4H3,(H,35,39). The van der Waals surface area contributed by atoms with E-state index in [4.69, 9.17) is 21.1 Å². The van der Waals surface area contributed by atoms with Crippen LogP contribution < -0.4 is 14.8 Å². The van der Waals surface area contributed by atoms with Gasteiger partial charge >= 0.3 is 0 Å². The number of hydrogen-bond acceptors (Lipinski definition) is 6. The first-order valence-electron chi connectivity index (χ1n) is 14.5. The fraction of sp³-hybridized carbons (Fsp3) is 0.424. The molecule has 1 N–H and O–H groups in total. The van der Waals surface area contributed by atoms with Crippen LogP contribution in [0.3, 0.4) is 0 Å². The SMILES string of the molecule is CCOc1cc(C2C3=C(CCCC3=O)N(CC)C3=C2C(=O)CCC3)cc(Cl)c1OCC(=O)Nc1cccc(C)c1C. The second-order valence-corrected chi connectivity index (χ2v) is 11.2. The minimum Gasteiger partial charge on any atom is -0.490 e. The third-order valence-electron chi connectivity index (χ3n) is 8.29. The first-order valence-corrected chi connectivity index (χ1v) is 14.9. The fourth-order valence-corrected chi connectivity index (χ4v) is 6.57. The summed E-state index contributed by atoms with van der Waals surface area (Å²) in [5.74, 6) is -0.0227. The molecule has 0 saturated heterocycles. The van der Waals surface area contributed by atoms with Crippen molar-refractivity contribution in [1.29, 1.82) is 0 Å². The van der Waals surface area contributed by atoms with Gasteiger partial charge in [0.2, 0.25) is 0 Å². The van der Waals surface area contributed by atoms with Gasteiger partial charge in [0.1, 0.15) is 0 Å². The number of ketones is 2. The zero-order valence-electron chi connectivity index (χ0n) is 24.2. The van der Waals surface area contributed by atoms with Crippen molar-refractivity contribution in [3.63, 3.8) is 0 Å². The maximum absolute atomic E-state index is 13.4. The predicted octanol–water partition coefficient (Wildman–Crippen LogP) is 6.81. The van der Waals surface area contributed by atoms with Crippen molar-refractivity contribution in [1.82, 2.24) is 4.90 Å². The van der Waals surface area contributed by atoms with Gasteiger partial charge in [0.05, 0.1) is 11.6 Å². The number of nitrogens with zero attached hydrogens (tertiary/aromatic N) is 1. The highest BCUT2D eigenvalue weighted by atomic mass is 35.5. The number of carbonyl (C=O) groups excluding carboxylic acids is 3. The molecular formula is C33H37ClN2O5. The molecule has 1 heterocycles.